The van der Waals surface area contributed by atoms with Crippen molar-refractivity contribution in [2.24, 2.45) is 0 Å². The number of rotatable bonds is 10. The molecule has 0 bridgehead atoms. The third kappa shape index (κ3) is 5.64. The van der Waals surface area contributed by atoms with E-state index in [9.17, 15) is 14.4 Å². The summed E-state index contributed by atoms with van der Waals surface area (Å²) >= 11 is 0. The third-order valence-electron chi connectivity index (χ3n) is 5.69. The van der Waals surface area contributed by atoms with Crippen LogP contribution in [0, 0.1) is 0 Å². The van der Waals surface area contributed by atoms with Crippen LogP contribution in [0.4, 0.5) is 4.79 Å². The first kappa shape index (κ1) is 23.9. The van der Waals surface area contributed by atoms with Crippen molar-refractivity contribution in [2.75, 3.05) is 26.3 Å². The van der Waals surface area contributed by atoms with Gasteiger partial charge in [0.2, 0.25) is 5.91 Å². The molecule has 0 unspecified atom stereocenters. The number of alkyl carbamates (subject to hydrolysis) is 1. The molecule has 0 saturated carbocycles. The quantitative estimate of drug-likeness (QED) is 0.393. The number of aromatic nitrogens is 3. The number of hydrogen-bond donors (Lipinski definition) is 3. The van der Waals surface area contributed by atoms with Crippen molar-refractivity contribution < 1.29 is 29.3 Å². The van der Waals surface area contributed by atoms with Crippen molar-refractivity contribution >= 4 is 18.0 Å². The second-order valence-electron chi connectivity index (χ2n) is 8.02. The standard InChI is InChI=1S/C24H25N5O6/c30-10-9-28(14-23(32)33)22(31)13-29-12-16(26-27-29)11-25-24(34)35-15-21-19-7-3-1-5-17(19)18-6-2-4-8-20(18)21/h1-8,12,21,30H,9-11,13-15H2,(H,25,34)(H,32,33). The second-order valence-corrected chi connectivity index (χ2v) is 8.02. The van der Waals surface area contributed by atoms with E-state index >= 15 is 0 Å². The maximum Gasteiger partial charge on any atom is 0.407 e. The van der Waals surface area contributed by atoms with Crippen molar-refractivity contribution in [1.82, 2.24) is 25.2 Å². The Bertz CT molecular complexity index is 1180. The number of ether oxygens (including phenoxy) is 1. The van der Waals surface area contributed by atoms with E-state index in [1.807, 2.05) is 36.4 Å². The molecule has 2 amide bonds. The molecule has 1 aromatic heterocycles. The monoisotopic (exact) mass is 479 g/mol. The van der Waals surface area contributed by atoms with Crippen LogP contribution < -0.4 is 5.32 Å². The van der Waals surface area contributed by atoms with Crippen LogP contribution in [0.2, 0.25) is 0 Å². The van der Waals surface area contributed by atoms with Gasteiger partial charge >= 0.3 is 12.1 Å². The molecule has 1 aliphatic carbocycles. The average Bonchev–Trinajstić information content (AvgIpc) is 3.43. The SMILES string of the molecule is O=C(O)CN(CCO)C(=O)Cn1cc(CNC(=O)OCC2c3ccccc3-c3ccccc32)nn1. The van der Waals surface area contributed by atoms with Crippen LogP contribution in [0.25, 0.3) is 11.1 Å². The number of aliphatic hydroxyl groups excluding tert-OH is 1. The Kier molecular flexibility index (Phi) is 7.36. The Labute approximate surface area is 200 Å². The fourth-order valence-electron chi connectivity index (χ4n) is 4.12. The summed E-state index contributed by atoms with van der Waals surface area (Å²) in [4.78, 5) is 36.5. The first-order valence-electron chi connectivity index (χ1n) is 11.0. The number of aliphatic carboxylic acids is 1. The topological polar surface area (TPSA) is 147 Å². The summed E-state index contributed by atoms with van der Waals surface area (Å²) < 4.78 is 6.72. The van der Waals surface area contributed by atoms with E-state index in [4.69, 9.17) is 14.9 Å². The van der Waals surface area contributed by atoms with E-state index in [1.165, 1.54) is 10.9 Å². The normalized spacial score (nSPS) is 12.0. The largest absolute Gasteiger partial charge is 0.480 e. The Balaban J connectivity index is 1.29. The number of fused-ring (bicyclic) bond motifs is 3. The molecule has 11 nitrogen and oxygen atoms in total. The van der Waals surface area contributed by atoms with Gasteiger partial charge in [0.1, 0.15) is 25.4 Å². The molecule has 1 heterocycles. The van der Waals surface area contributed by atoms with Gasteiger partial charge in [0.25, 0.3) is 0 Å². The molecule has 2 aromatic carbocycles. The predicted molar refractivity (Wildman–Crippen MR) is 123 cm³/mol. The second kappa shape index (κ2) is 10.8. The fraction of sp³-hybridized carbons (Fsp3) is 0.292. The van der Waals surface area contributed by atoms with Crippen LogP contribution in [-0.4, -0.2) is 74.4 Å². The molecule has 3 aromatic rings. The van der Waals surface area contributed by atoms with Crippen molar-refractivity contribution in [1.29, 1.82) is 0 Å². The highest BCUT2D eigenvalue weighted by atomic mass is 16.5. The number of nitrogens with zero attached hydrogens (tertiary/aromatic N) is 4. The molecular weight excluding hydrogens is 454 g/mol. The van der Waals surface area contributed by atoms with E-state index in [0.717, 1.165) is 27.2 Å². The zero-order valence-corrected chi connectivity index (χ0v) is 18.8. The van der Waals surface area contributed by atoms with Crippen molar-refractivity contribution in [2.45, 2.75) is 19.0 Å². The molecule has 0 saturated heterocycles. The van der Waals surface area contributed by atoms with E-state index < -0.39 is 24.5 Å². The van der Waals surface area contributed by atoms with Gasteiger partial charge in [-0.1, -0.05) is 53.7 Å². The van der Waals surface area contributed by atoms with Crippen LogP contribution in [-0.2, 0) is 27.4 Å². The number of amides is 2. The highest BCUT2D eigenvalue weighted by molar-refractivity contribution is 5.81. The number of aliphatic hydroxyl groups is 1. The minimum Gasteiger partial charge on any atom is -0.480 e. The maximum atomic E-state index is 12.3. The van der Waals surface area contributed by atoms with Crippen LogP contribution in [0.5, 0.6) is 0 Å². The summed E-state index contributed by atoms with van der Waals surface area (Å²) in [7, 11) is 0. The summed E-state index contributed by atoms with van der Waals surface area (Å²) in [5, 5.41) is 28.3. The van der Waals surface area contributed by atoms with Crippen molar-refractivity contribution in [3.8, 4) is 11.1 Å². The summed E-state index contributed by atoms with van der Waals surface area (Å²) in [6, 6.07) is 16.1. The smallest absolute Gasteiger partial charge is 0.407 e. The lowest BCUT2D eigenvalue weighted by atomic mass is 9.98. The Morgan fingerprint density at radius 3 is 2.34 bits per heavy atom. The predicted octanol–water partition coefficient (Wildman–Crippen LogP) is 1.22. The van der Waals surface area contributed by atoms with Crippen molar-refractivity contribution in [3.05, 3.63) is 71.5 Å². The molecule has 11 heteroatoms. The molecule has 35 heavy (non-hydrogen) atoms. The summed E-state index contributed by atoms with van der Waals surface area (Å²) in [5.74, 6) is -1.76. The summed E-state index contributed by atoms with van der Waals surface area (Å²) in [5.41, 5.74) is 4.92. The van der Waals surface area contributed by atoms with Crippen LogP contribution in [0.1, 0.15) is 22.7 Å². The Morgan fingerprint density at radius 1 is 1.06 bits per heavy atom. The van der Waals surface area contributed by atoms with Gasteiger partial charge in [-0.05, 0) is 22.3 Å². The number of carbonyl (C=O) groups excluding carboxylic acids is 2. The van der Waals surface area contributed by atoms with E-state index in [1.54, 1.807) is 0 Å². The molecule has 182 valence electrons. The average molecular weight is 479 g/mol. The van der Waals surface area contributed by atoms with Gasteiger partial charge in [-0.2, -0.15) is 0 Å². The summed E-state index contributed by atoms with van der Waals surface area (Å²) in [6.07, 6.45) is 0.868. The number of nitrogens with one attached hydrogen (secondary N) is 1. The minimum atomic E-state index is -1.18. The first-order chi connectivity index (χ1) is 17.0. The molecule has 0 aliphatic heterocycles. The molecule has 4 rings (SSSR count). The molecule has 1 aliphatic rings. The highest BCUT2D eigenvalue weighted by Crippen LogP contribution is 2.44. The Morgan fingerprint density at radius 2 is 1.71 bits per heavy atom. The van der Waals surface area contributed by atoms with Crippen LogP contribution in [0.3, 0.4) is 0 Å². The van der Waals surface area contributed by atoms with Crippen LogP contribution >= 0.6 is 0 Å². The van der Waals surface area contributed by atoms with E-state index in [2.05, 4.69) is 27.8 Å². The van der Waals surface area contributed by atoms with E-state index in [-0.39, 0.29) is 38.8 Å². The Hall–Kier alpha value is -4.25. The molecular formula is C24H25N5O6. The number of benzene rings is 2. The van der Waals surface area contributed by atoms with Gasteiger partial charge in [-0.3, -0.25) is 9.59 Å². The van der Waals surface area contributed by atoms with Crippen molar-refractivity contribution in [3.63, 3.8) is 0 Å². The van der Waals surface area contributed by atoms with Crippen LogP contribution in [0.15, 0.2) is 54.7 Å². The molecule has 0 fully saturated rings. The minimum absolute atomic E-state index is 0.0420. The number of hydrogen-bond acceptors (Lipinski definition) is 7. The molecule has 0 radical (unpaired) electrons. The third-order valence-corrected chi connectivity index (χ3v) is 5.69. The van der Waals surface area contributed by atoms with Gasteiger partial charge in [0.15, 0.2) is 0 Å². The number of carboxylic acid groups (broad SMARTS) is 1. The maximum absolute atomic E-state index is 12.3. The first-order valence-corrected chi connectivity index (χ1v) is 11.0. The highest BCUT2D eigenvalue weighted by Gasteiger charge is 2.29. The number of carbonyl (C=O) groups is 3. The number of carboxylic acids is 1. The molecule has 0 spiro atoms. The van der Waals surface area contributed by atoms with Gasteiger partial charge in [0, 0.05) is 12.5 Å². The summed E-state index contributed by atoms with van der Waals surface area (Å²) in [6.45, 7) is -0.997. The molecule has 3 N–H and O–H groups in total. The molecule has 0 atom stereocenters. The zero-order chi connectivity index (χ0) is 24.8. The van der Waals surface area contributed by atoms with Gasteiger partial charge in [0.05, 0.1) is 19.3 Å². The lowest BCUT2D eigenvalue weighted by Gasteiger charge is -2.19. The zero-order valence-electron chi connectivity index (χ0n) is 18.8. The van der Waals surface area contributed by atoms with Gasteiger partial charge in [-0.25, -0.2) is 9.48 Å². The van der Waals surface area contributed by atoms with Gasteiger partial charge in [-0.15, -0.1) is 5.10 Å². The fourth-order valence-corrected chi connectivity index (χ4v) is 4.12. The van der Waals surface area contributed by atoms with E-state index in [0.29, 0.717) is 5.69 Å². The lowest BCUT2D eigenvalue weighted by Crippen LogP contribution is -2.39. The lowest BCUT2D eigenvalue weighted by molar-refractivity contribution is -0.145. The van der Waals surface area contributed by atoms with Gasteiger partial charge < -0.3 is 25.2 Å².